The lowest BCUT2D eigenvalue weighted by molar-refractivity contribution is -0.123. The minimum absolute atomic E-state index is 0.0913. The largest absolute Gasteiger partial charge is 0.484 e. The van der Waals surface area contributed by atoms with Crippen LogP contribution in [0.25, 0.3) is 0 Å². The first-order chi connectivity index (χ1) is 9.49. The maximum atomic E-state index is 11.4. The number of hydrogen-bond donors (Lipinski definition) is 3. The Kier molecular flexibility index (Phi) is 6.02. The van der Waals surface area contributed by atoms with E-state index in [0.717, 1.165) is 0 Å². The molecule has 0 spiro atoms. The average molecular weight is 280 g/mol. The van der Waals surface area contributed by atoms with Gasteiger partial charge >= 0.3 is 5.97 Å². The van der Waals surface area contributed by atoms with Crippen molar-refractivity contribution in [3.63, 3.8) is 0 Å². The zero-order valence-electron chi connectivity index (χ0n) is 11.0. The second-order valence-electron chi connectivity index (χ2n) is 3.95. The van der Waals surface area contributed by atoms with Gasteiger partial charge in [0.1, 0.15) is 5.75 Å². The van der Waals surface area contributed by atoms with E-state index >= 15 is 0 Å². The second kappa shape index (κ2) is 7.78. The van der Waals surface area contributed by atoms with Gasteiger partial charge < -0.3 is 20.5 Å². The number of hydrogen-bond acceptors (Lipinski definition) is 4. The van der Waals surface area contributed by atoms with Gasteiger partial charge in [-0.15, -0.1) is 0 Å². The van der Waals surface area contributed by atoms with Gasteiger partial charge in [-0.2, -0.15) is 0 Å². The molecule has 0 fully saturated rings. The van der Waals surface area contributed by atoms with E-state index in [9.17, 15) is 14.4 Å². The van der Waals surface area contributed by atoms with Crippen molar-refractivity contribution in [3.8, 4) is 5.75 Å². The lowest BCUT2D eigenvalue weighted by Gasteiger charge is -2.08. The monoisotopic (exact) mass is 280 g/mol. The van der Waals surface area contributed by atoms with Gasteiger partial charge in [-0.3, -0.25) is 9.59 Å². The van der Waals surface area contributed by atoms with Crippen LogP contribution >= 0.6 is 0 Å². The number of carboxylic acids is 1. The Hall–Kier alpha value is -2.57. The summed E-state index contributed by atoms with van der Waals surface area (Å²) < 4.78 is 5.17. The van der Waals surface area contributed by atoms with Crippen molar-refractivity contribution in [2.24, 2.45) is 0 Å². The fourth-order valence-electron chi connectivity index (χ4n) is 1.36. The highest BCUT2D eigenvalue weighted by molar-refractivity contribution is 5.88. The fraction of sp³-hybridized carbons (Fsp3) is 0.308. The minimum Gasteiger partial charge on any atom is -0.484 e. The predicted molar refractivity (Wildman–Crippen MR) is 70.6 cm³/mol. The van der Waals surface area contributed by atoms with E-state index in [1.807, 2.05) is 0 Å². The van der Waals surface area contributed by atoms with E-state index in [2.05, 4.69) is 10.6 Å². The SMILES string of the molecule is CC(=O)NCCNC(=O)COc1cccc(C(=O)O)c1. The first kappa shape index (κ1) is 15.5. The fourth-order valence-corrected chi connectivity index (χ4v) is 1.36. The summed E-state index contributed by atoms with van der Waals surface area (Å²) in [7, 11) is 0. The molecule has 0 bridgehead atoms. The molecule has 0 aliphatic heterocycles. The highest BCUT2D eigenvalue weighted by Gasteiger charge is 2.06. The quantitative estimate of drug-likeness (QED) is 0.610. The summed E-state index contributed by atoms with van der Waals surface area (Å²) in [6.07, 6.45) is 0. The Labute approximate surface area is 115 Å². The molecule has 1 aromatic rings. The van der Waals surface area contributed by atoms with Gasteiger partial charge in [0, 0.05) is 20.0 Å². The molecule has 0 aromatic heterocycles. The molecule has 0 heterocycles. The zero-order valence-corrected chi connectivity index (χ0v) is 11.0. The molecular weight excluding hydrogens is 264 g/mol. The predicted octanol–water partition coefficient (Wildman–Crippen LogP) is 0.0159. The molecule has 0 aliphatic rings. The van der Waals surface area contributed by atoms with Gasteiger partial charge in [0.25, 0.3) is 5.91 Å². The van der Waals surface area contributed by atoms with Gasteiger partial charge in [0.05, 0.1) is 5.56 Å². The average Bonchev–Trinajstić information content (AvgIpc) is 2.41. The van der Waals surface area contributed by atoms with Crippen LogP contribution < -0.4 is 15.4 Å². The van der Waals surface area contributed by atoms with Crippen molar-refractivity contribution in [3.05, 3.63) is 29.8 Å². The molecule has 7 heteroatoms. The maximum absolute atomic E-state index is 11.4. The molecule has 108 valence electrons. The molecule has 0 aliphatic carbocycles. The molecule has 1 rings (SSSR count). The van der Waals surface area contributed by atoms with Crippen molar-refractivity contribution in [2.75, 3.05) is 19.7 Å². The van der Waals surface area contributed by atoms with Crippen LogP contribution in [0.15, 0.2) is 24.3 Å². The summed E-state index contributed by atoms with van der Waals surface area (Å²) in [5.41, 5.74) is 0.0913. The number of aromatic carboxylic acids is 1. The summed E-state index contributed by atoms with van der Waals surface area (Å²) in [5, 5.41) is 13.9. The Morgan fingerprint density at radius 2 is 1.90 bits per heavy atom. The van der Waals surface area contributed by atoms with Crippen LogP contribution in [-0.4, -0.2) is 42.6 Å². The van der Waals surface area contributed by atoms with E-state index in [4.69, 9.17) is 9.84 Å². The third-order valence-electron chi connectivity index (χ3n) is 2.27. The highest BCUT2D eigenvalue weighted by Crippen LogP contribution is 2.12. The Morgan fingerprint density at radius 1 is 1.20 bits per heavy atom. The third kappa shape index (κ3) is 5.85. The lowest BCUT2D eigenvalue weighted by Crippen LogP contribution is -2.36. The highest BCUT2D eigenvalue weighted by atomic mass is 16.5. The van der Waals surface area contributed by atoms with E-state index in [-0.39, 0.29) is 24.0 Å². The molecular formula is C13H16N2O5. The maximum Gasteiger partial charge on any atom is 0.335 e. The van der Waals surface area contributed by atoms with Gasteiger partial charge in [0.2, 0.25) is 5.91 Å². The van der Waals surface area contributed by atoms with Crippen LogP contribution in [0.5, 0.6) is 5.75 Å². The van der Waals surface area contributed by atoms with Crippen LogP contribution in [0.4, 0.5) is 0 Å². The van der Waals surface area contributed by atoms with Crippen molar-refractivity contribution in [1.82, 2.24) is 10.6 Å². The first-order valence-electron chi connectivity index (χ1n) is 5.96. The van der Waals surface area contributed by atoms with E-state index < -0.39 is 5.97 Å². The molecule has 0 radical (unpaired) electrons. The third-order valence-corrected chi connectivity index (χ3v) is 2.27. The standard InChI is InChI=1S/C13H16N2O5/c1-9(16)14-5-6-15-12(17)8-20-11-4-2-3-10(7-11)13(18)19/h2-4,7H,5-6,8H2,1H3,(H,14,16)(H,15,17)(H,18,19). The molecule has 7 nitrogen and oxygen atoms in total. The van der Waals surface area contributed by atoms with Crippen LogP contribution in [-0.2, 0) is 9.59 Å². The zero-order chi connectivity index (χ0) is 15.0. The number of rotatable bonds is 7. The Balaban J connectivity index is 2.32. The molecule has 2 amide bonds. The van der Waals surface area contributed by atoms with E-state index in [1.165, 1.54) is 25.1 Å². The van der Waals surface area contributed by atoms with Gasteiger partial charge in [-0.05, 0) is 18.2 Å². The lowest BCUT2D eigenvalue weighted by atomic mass is 10.2. The number of benzene rings is 1. The van der Waals surface area contributed by atoms with Crippen LogP contribution in [0.2, 0.25) is 0 Å². The molecule has 0 saturated carbocycles. The molecule has 0 atom stereocenters. The Morgan fingerprint density at radius 3 is 2.55 bits per heavy atom. The summed E-state index contributed by atoms with van der Waals surface area (Å²) in [4.78, 5) is 32.8. The minimum atomic E-state index is -1.06. The molecule has 3 N–H and O–H groups in total. The summed E-state index contributed by atoms with van der Waals surface area (Å²) >= 11 is 0. The smallest absolute Gasteiger partial charge is 0.335 e. The van der Waals surface area contributed by atoms with Gasteiger partial charge in [-0.25, -0.2) is 4.79 Å². The number of ether oxygens (including phenoxy) is 1. The summed E-state index contributed by atoms with van der Waals surface area (Å²) in [5.74, 6) is -1.27. The van der Waals surface area contributed by atoms with Gasteiger partial charge in [0.15, 0.2) is 6.61 Å². The van der Waals surface area contributed by atoms with Crippen LogP contribution in [0.3, 0.4) is 0 Å². The normalized spacial score (nSPS) is 9.65. The number of amides is 2. The first-order valence-corrected chi connectivity index (χ1v) is 5.96. The second-order valence-corrected chi connectivity index (χ2v) is 3.95. The number of carbonyl (C=O) groups excluding carboxylic acids is 2. The van der Waals surface area contributed by atoms with Gasteiger partial charge in [-0.1, -0.05) is 6.07 Å². The van der Waals surface area contributed by atoms with E-state index in [0.29, 0.717) is 18.8 Å². The molecule has 0 saturated heterocycles. The topological polar surface area (TPSA) is 105 Å². The molecule has 0 unspecified atom stereocenters. The van der Waals surface area contributed by atoms with Crippen molar-refractivity contribution in [2.45, 2.75) is 6.92 Å². The molecule has 1 aromatic carbocycles. The van der Waals surface area contributed by atoms with Crippen LogP contribution in [0.1, 0.15) is 17.3 Å². The van der Waals surface area contributed by atoms with Crippen molar-refractivity contribution >= 4 is 17.8 Å². The van der Waals surface area contributed by atoms with Crippen LogP contribution in [0, 0.1) is 0 Å². The van der Waals surface area contributed by atoms with E-state index in [1.54, 1.807) is 6.07 Å². The van der Waals surface area contributed by atoms with Crippen molar-refractivity contribution in [1.29, 1.82) is 0 Å². The summed E-state index contributed by atoms with van der Waals surface area (Å²) in [6.45, 7) is 1.82. The Bertz CT molecular complexity index is 501. The number of carboxylic acid groups (broad SMARTS) is 1. The number of nitrogens with one attached hydrogen (secondary N) is 2. The summed E-state index contributed by atoms with van der Waals surface area (Å²) in [6, 6.07) is 5.88. The number of carbonyl (C=O) groups is 3. The molecule has 20 heavy (non-hydrogen) atoms. The van der Waals surface area contributed by atoms with Crippen molar-refractivity contribution < 1.29 is 24.2 Å².